The molecule has 25 heavy (non-hydrogen) atoms. The van der Waals surface area contributed by atoms with Gasteiger partial charge in [0.15, 0.2) is 5.69 Å². The Hall–Kier alpha value is -3.48. The molecular weight excluding hydrogens is 320 g/mol. The third-order valence-corrected chi connectivity index (χ3v) is 3.79. The highest BCUT2D eigenvalue weighted by molar-refractivity contribution is 6.05. The average molecular weight is 336 g/mol. The molecule has 0 atom stereocenters. The maximum Gasteiger partial charge on any atom is 0.280 e. The van der Waals surface area contributed by atoms with Crippen LogP contribution >= 0.6 is 0 Å². The number of anilines is 1. The van der Waals surface area contributed by atoms with Gasteiger partial charge in [0.2, 0.25) is 5.43 Å². The average Bonchev–Trinajstić information content (AvgIpc) is 2.64. The van der Waals surface area contributed by atoms with Crippen molar-refractivity contribution in [2.45, 2.75) is 0 Å². The van der Waals surface area contributed by atoms with Crippen molar-refractivity contribution in [3.63, 3.8) is 0 Å². The van der Waals surface area contributed by atoms with Crippen LogP contribution in [0.2, 0.25) is 0 Å². The Morgan fingerprint density at radius 3 is 2.56 bits per heavy atom. The zero-order valence-electron chi connectivity index (χ0n) is 13.7. The molecule has 2 aromatic carbocycles. The van der Waals surface area contributed by atoms with E-state index >= 15 is 0 Å². The summed E-state index contributed by atoms with van der Waals surface area (Å²) in [5, 5.41) is 9.63. The second-order valence-electron chi connectivity index (χ2n) is 5.43. The van der Waals surface area contributed by atoms with Gasteiger partial charge in [-0.1, -0.05) is 18.2 Å². The molecule has 0 aliphatic carbocycles. The number of carbonyl (C=O) groups excluding carboxylic acids is 2. The number of benzene rings is 2. The molecule has 0 aliphatic heterocycles. The predicted molar refractivity (Wildman–Crippen MR) is 94.8 cm³/mol. The molecule has 3 aromatic rings. The summed E-state index contributed by atoms with van der Waals surface area (Å²) in [6, 6.07) is 13.4. The Bertz CT molecular complexity index is 1040. The minimum Gasteiger partial charge on any atom is -0.355 e. The summed E-state index contributed by atoms with van der Waals surface area (Å²) >= 11 is 0. The van der Waals surface area contributed by atoms with E-state index in [9.17, 15) is 14.4 Å². The number of aromatic nitrogens is 2. The van der Waals surface area contributed by atoms with E-state index in [1.807, 2.05) is 0 Å². The lowest BCUT2D eigenvalue weighted by molar-refractivity contribution is 0.0961. The van der Waals surface area contributed by atoms with E-state index in [0.717, 1.165) is 0 Å². The molecule has 2 N–H and O–H groups in total. The zero-order chi connectivity index (χ0) is 18.0. The number of amides is 2. The lowest BCUT2D eigenvalue weighted by Gasteiger charge is -2.09. The molecule has 0 saturated heterocycles. The van der Waals surface area contributed by atoms with E-state index < -0.39 is 11.3 Å². The van der Waals surface area contributed by atoms with E-state index in [1.54, 1.807) is 49.5 Å². The van der Waals surface area contributed by atoms with Gasteiger partial charge in [-0.15, -0.1) is 0 Å². The number of rotatable bonds is 3. The monoisotopic (exact) mass is 336 g/mol. The number of nitrogens with one attached hydrogen (secondary N) is 2. The summed E-state index contributed by atoms with van der Waals surface area (Å²) in [7, 11) is 3.20. The van der Waals surface area contributed by atoms with Gasteiger partial charge in [0.1, 0.15) is 0 Å². The molecule has 0 spiro atoms. The summed E-state index contributed by atoms with van der Waals surface area (Å²) in [6.45, 7) is 0. The summed E-state index contributed by atoms with van der Waals surface area (Å²) in [5.41, 5.74) is 0.814. The fraction of sp³-hybridized carbons (Fsp3) is 0.111. The van der Waals surface area contributed by atoms with Crippen LogP contribution in [0.3, 0.4) is 0 Å². The maximum absolute atomic E-state index is 12.5. The number of para-hydroxylation sites is 1. The number of aryl methyl sites for hydroxylation is 1. The van der Waals surface area contributed by atoms with Gasteiger partial charge in [-0.3, -0.25) is 19.1 Å². The fourth-order valence-electron chi connectivity index (χ4n) is 2.55. The van der Waals surface area contributed by atoms with Crippen LogP contribution < -0.4 is 16.1 Å². The van der Waals surface area contributed by atoms with E-state index in [1.165, 1.54) is 17.8 Å². The van der Waals surface area contributed by atoms with Crippen molar-refractivity contribution in [1.29, 1.82) is 0 Å². The van der Waals surface area contributed by atoms with Crippen LogP contribution in [0.4, 0.5) is 5.69 Å². The summed E-state index contributed by atoms with van der Waals surface area (Å²) in [6.07, 6.45) is 0. The number of nitrogens with zero attached hydrogens (tertiary/aromatic N) is 2. The van der Waals surface area contributed by atoms with Crippen molar-refractivity contribution in [3.05, 3.63) is 70.0 Å². The first-order valence-corrected chi connectivity index (χ1v) is 7.61. The van der Waals surface area contributed by atoms with Crippen molar-refractivity contribution < 1.29 is 9.59 Å². The largest absolute Gasteiger partial charge is 0.355 e. The number of hydrogen-bond acceptors (Lipinski definition) is 4. The first-order valence-electron chi connectivity index (χ1n) is 7.61. The molecule has 1 heterocycles. The van der Waals surface area contributed by atoms with Gasteiger partial charge in [-0.05, 0) is 30.3 Å². The third kappa shape index (κ3) is 3.12. The Labute approximate surface area is 143 Å². The minimum atomic E-state index is -0.625. The molecular formula is C18H16N4O3. The highest BCUT2D eigenvalue weighted by Gasteiger charge is 2.17. The molecule has 2 amide bonds. The van der Waals surface area contributed by atoms with Gasteiger partial charge < -0.3 is 10.6 Å². The first-order chi connectivity index (χ1) is 12.0. The Kier molecular flexibility index (Phi) is 4.30. The highest BCUT2D eigenvalue weighted by Crippen LogP contribution is 2.13. The van der Waals surface area contributed by atoms with Gasteiger partial charge in [-0.2, -0.15) is 5.10 Å². The zero-order valence-corrected chi connectivity index (χ0v) is 13.7. The summed E-state index contributed by atoms with van der Waals surface area (Å²) in [4.78, 5) is 36.7. The van der Waals surface area contributed by atoms with Crippen molar-refractivity contribution in [2.75, 3.05) is 12.4 Å². The summed E-state index contributed by atoms with van der Waals surface area (Å²) in [5.74, 6) is -0.892. The van der Waals surface area contributed by atoms with E-state index in [0.29, 0.717) is 22.2 Å². The lowest BCUT2D eigenvalue weighted by Crippen LogP contribution is -2.26. The lowest BCUT2D eigenvalue weighted by atomic mass is 10.1. The highest BCUT2D eigenvalue weighted by atomic mass is 16.2. The van der Waals surface area contributed by atoms with Crippen molar-refractivity contribution >= 4 is 28.4 Å². The second kappa shape index (κ2) is 6.56. The molecule has 0 bridgehead atoms. The third-order valence-electron chi connectivity index (χ3n) is 3.79. The molecule has 1 aromatic heterocycles. The van der Waals surface area contributed by atoms with Crippen LogP contribution in [0.5, 0.6) is 0 Å². The second-order valence-corrected chi connectivity index (χ2v) is 5.43. The topological polar surface area (TPSA) is 93.1 Å². The quantitative estimate of drug-likeness (QED) is 0.759. The van der Waals surface area contributed by atoms with Gasteiger partial charge in [0, 0.05) is 30.7 Å². The van der Waals surface area contributed by atoms with Gasteiger partial charge in [0.05, 0.1) is 5.52 Å². The smallest absolute Gasteiger partial charge is 0.280 e. The predicted octanol–water partition coefficient (Wildman–Crippen LogP) is 1.55. The molecule has 126 valence electrons. The van der Waals surface area contributed by atoms with E-state index in [2.05, 4.69) is 15.7 Å². The summed E-state index contributed by atoms with van der Waals surface area (Å²) < 4.78 is 1.49. The van der Waals surface area contributed by atoms with Gasteiger partial charge >= 0.3 is 0 Å². The van der Waals surface area contributed by atoms with Crippen LogP contribution in [-0.2, 0) is 7.05 Å². The number of carbonyl (C=O) groups is 2. The molecule has 7 heteroatoms. The van der Waals surface area contributed by atoms with Crippen molar-refractivity contribution in [2.24, 2.45) is 7.05 Å². The molecule has 7 nitrogen and oxygen atoms in total. The van der Waals surface area contributed by atoms with Crippen LogP contribution in [0.1, 0.15) is 20.8 Å². The molecule has 0 saturated carbocycles. The maximum atomic E-state index is 12.5. The molecule has 0 unspecified atom stereocenters. The van der Waals surface area contributed by atoms with Crippen molar-refractivity contribution in [1.82, 2.24) is 15.1 Å². The fourth-order valence-corrected chi connectivity index (χ4v) is 2.55. The standard InChI is InChI=1S/C18H16N4O3/c1-19-17(24)11-6-5-7-12(10-11)20-18(25)15-16(23)13-8-3-4-9-14(13)22(2)21-15/h3-10H,1-2H3,(H,19,24)(H,20,25). The van der Waals surface area contributed by atoms with E-state index in [4.69, 9.17) is 0 Å². The first kappa shape index (κ1) is 16.4. The van der Waals surface area contributed by atoms with Crippen LogP contribution in [0.25, 0.3) is 10.9 Å². The number of hydrogen-bond donors (Lipinski definition) is 2. The Balaban J connectivity index is 1.97. The van der Waals surface area contributed by atoms with Crippen molar-refractivity contribution in [3.8, 4) is 0 Å². The Morgan fingerprint density at radius 1 is 1.04 bits per heavy atom. The molecule has 3 rings (SSSR count). The van der Waals surface area contributed by atoms with Gasteiger partial charge in [0.25, 0.3) is 11.8 Å². The minimum absolute atomic E-state index is 0.202. The molecule has 0 fully saturated rings. The molecule has 0 radical (unpaired) electrons. The van der Waals surface area contributed by atoms with E-state index in [-0.39, 0.29) is 11.6 Å². The SMILES string of the molecule is CNC(=O)c1cccc(NC(=O)c2nn(C)c3ccccc3c2=O)c1. The molecule has 0 aliphatic rings. The van der Waals surface area contributed by atoms with Crippen LogP contribution in [0.15, 0.2) is 53.3 Å². The number of fused-ring (bicyclic) bond motifs is 1. The van der Waals surface area contributed by atoms with Gasteiger partial charge in [-0.25, -0.2) is 0 Å². The normalized spacial score (nSPS) is 10.5. The van der Waals surface area contributed by atoms with Crippen LogP contribution in [0, 0.1) is 0 Å². The Morgan fingerprint density at radius 2 is 1.80 bits per heavy atom. The van der Waals surface area contributed by atoms with Crippen LogP contribution in [-0.4, -0.2) is 28.6 Å².